The van der Waals surface area contributed by atoms with Gasteiger partial charge in [0.25, 0.3) is 0 Å². The summed E-state index contributed by atoms with van der Waals surface area (Å²) in [6.07, 6.45) is 0.0753. The fourth-order valence-corrected chi connectivity index (χ4v) is 1.99. The van der Waals surface area contributed by atoms with Crippen LogP contribution in [-0.4, -0.2) is 68.7 Å². The molecule has 5 N–H and O–H groups in total. The SMILES string of the molecule is CC(C)C(=O)NCC(=O)N(CO)C1(O)CCCOC1(O)O. The molecule has 9 heteroatoms. The third-order valence-corrected chi connectivity index (χ3v) is 3.32. The van der Waals surface area contributed by atoms with Gasteiger partial charge in [0, 0.05) is 12.3 Å². The molecule has 1 rings (SSSR count). The molecule has 9 nitrogen and oxygen atoms in total. The van der Waals surface area contributed by atoms with Crippen molar-refractivity contribution in [2.75, 3.05) is 19.9 Å². The molecule has 1 fully saturated rings. The van der Waals surface area contributed by atoms with Gasteiger partial charge in [0.1, 0.15) is 6.73 Å². The molecule has 0 aromatic carbocycles. The van der Waals surface area contributed by atoms with Gasteiger partial charge < -0.3 is 30.5 Å². The van der Waals surface area contributed by atoms with Crippen LogP contribution in [0.15, 0.2) is 0 Å². The Balaban J connectivity index is 2.81. The van der Waals surface area contributed by atoms with Crippen LogP contribution in [0.1, 0.15) is 26.7 Å². The quantitative estimate of drug-likeness (QED) is 0.359. The second-order valence-electron chi connectivity index (χ2n) is 5.21. The van der Waals surface area contributed by atoms with Crippen molar-refractivity contribution in [2.24, 2.45) is 5.92 Å². The Morgan fingerprint density at radius 2 is 1.95 bits per heavy atom. The van der Waals surface area contributed by atoms with E-state index < -0.39 is 30.9 Å². The fraction of sp³-hybridized carbons (Fsp3) is 0.833. The van der Waals surface area contributed by atoms with Crippen LogP contribution in [0.5, 0.6) is 0 Å². The number of nitrogens with one attached hydrogen (secondary N) is 1. The van der Waals surface area contributed by atoms with E-state index in [4.69, 9.17) is 0 Å². The molecule has 1 aliphatic heterocycles. The molecule has 0 aromatic heterocycles. The van der Waals surface area contributed by atoms with Gasteiger partial charge in [-0.15, -0.1) is 0 Å². The summed E-state index contributed by atoms with van der Waals surface area (Å²) in [4.78, 5) is 23.9. The van der Waals surface area contributed by atoms with Crippen molar-refractivity contribution in [3.05, 3.63) is 0 Å². The number of carbonyl (C=O) groups excluding carboxylic acids is 2. The summed E-state index contributed by atoms with van der Waals surface area (Å²) in [7, 11) is 0. The molecular formula is C12H22N2O7. The van der Waals surface area contributed by atoms with E-state index in [0.717, 1.165) is 0 Å². The van der Waals surface area contributed by atoms with Crippen LogP contribution in [0, 0.1) is 5.92 Å². The van der Waals surface area contributed by atoms with Crippen LogP contribution in [0.25, 0.3) is 0 Å². The third-order valence-electron chi connectivity index (χ3n) is 3.32. The van der Waals surface area contributed by atoms with Gasteiger partial charge in [0.2, 0.25) is 17.5 Å². The van der Waals surface area contributed by atoms with Gasteiger partial charge in [-0.2, -0.15) is 0 Å². The second-order valence-corrected chi connectivity index (χ2v) is 5.21. The van der Waals surface area contributed by atoms with Crippen molar-refractivity contribution in [2.45, 2.75) is 38.4 Å². The number of aliphatic hydroxyl groups excluding tert-OH is 1. The molecule has 21 heavy (non-hydrogen) atoms. The first-order chi connectivity index (χ1) is 9.65. The Morgan fingerprint density at radius 3 is 2.43 bits per heavy atom. The highest BCUT2D eigenvalue weighted by Crippen LogP contribution is 2.34. The van der Waals surface area contributed by atoms with Gasteiger partial charge in [-0.3, -0.25) is 14.5 Å². The number of ether oxygens (including phenoxy) is 1. The van der Waals surface area contributed by atoms with E-state index in [2.05, 4.69) is 10.1 Å². The number of nitrogens with zero attached hydrogens (tertiary/aromatic N) is 1. The van der Waals surface area contributed by atoms with Gasteiger partial charge in [0.15, 0.2) is 0 Å². The second kappa shape index (κ2) is 6.67. The molecule has 1 aliphatic rings. The van der Waals surface area contributed by atoms with Crippen LogP contribution in [0.4, 0.5) is 0 Å². The molecule has 122 valence electrons. The monoisotopic (exact) mass is 306 g/mol. The molecule has 0 saturated carbocycles. The summed E-state index contributed by atoms with van der Waals surface area (Å²) in [6.45, 7) is 1.82. The topological polar surface area (TPSA) is 140 Å². The minimum Gasteiger partial charge on any atom is -0.376 e. The number of carbonyl (C=O) groups is 2. The molecule has 1 unspecified atom stereocenters. The highest BCUT2D eigenvalue weighted by Gasteiger charge is 2.57. The van der Waals surface area contributed by atoms with E-state index >= 15 is 0 Å². The lowest BCUT2D eigenvalue weighted by atomic mass is 10.00. The zero-order valence-electron chi connectivity index (χ0n) is 12.1. The van der Waals surface area contributed by atoms with Gasteiger partial charge in [-0.05, 0) is 6.42 Å². The first-order valence-electron chi connectivity index (χ1n) is 6.66. The smallest absolute Gasteiger partial charge is 0.329 e. The molecule has 2 amide bonds. The maximum Gasteiger partial charge on any atom is 0.329 e. The molecule has 0 radical (unpaired) electrons. The number of amides is 2. The lowest BCUT2D eigenvalue weighted by Gasteiger charge is -2.47. The number of hydrogen-bond donors (Lipinski definition) is 5. The van der Waals surface area contributed by atoms with Crippen LogP contribution in [0.3, 0.4) is 0 Å². The van der Waals surface area contributed by atoms with E-state index in [9.17, 15) is 30.0 Å². The fourth-order valence-electron chi connectivity index (χ4n) is 1.99. The minimum absolute atomic E-state index is 0.00709. The van der Waals surface area contributed by atoms with E-state index in [1.165, 1.54) is 0 Å². The van der Waals surface area contributed by atoms with Crippen molar-refractivity contribution >= 4 is 11.8 Å². The van der Waals surface area contributed by atoms with Crippen LogP contribution < -0.4 is 5.32 Å². The Labute approximate surface area is 122 Å². The molecular weight excluding hydrogens is 284 g/mol. The lowest BCUT2D eigenvalue weighted by molar-refractivity contribution is -0.452. The van der Waals surface area contributed by atoms with Gasteiger partial charge in [0.05, 0.1) is 13.2 Å². The zero-order valence-corrected chi connectivity index (χ0v) is 12.1. The predicted molar refractivity (Wildman–Crippen MR) is 69.1 cm³/mol. The summed E-state index contributed by atoms with van der Waals surface area (Å²) in [5.74, 6) is -4.58. The van der Waals surface area contributed by atoms with Gasteiger partial charge in [-0.1, -0.05) is 13.8 Å². The third kappa shape index (κ3) is 3.69. The zero-order chi connectivity index (χ0) is 16.3. The van der Waals surface area contributed by atoms with Gasteiger partial charge in [-0.25, -0.2) is 0 Å². The summed E-state index contributed by atoms with van der Waals surface area (Å²) < 4.78 is 4.65. The van der Waals surface area contributed by atoms with E-state index in [0.29, 0.717) is 4.90 Å². The Kier molecular flexibility index (Phi) is 5.65. The average molecular weight is 306 g/mol. The molecule has 1 heterocycles. The Morgan fingerprint density at radius 1 is 1.33 bits per heavy atom. The van der Waals surface area contributed by atoms with Crippen molar-refractivity contribution in [3.8, 4) is 0 Å². The number of rotatable bonds is 5. The first kappa shape index (κ1) is 17.8. The van der Waals surface area contributed by atoms with E-state index in [1.54, 1.807) is 13.8 Å². The molecule has 1 atom stereocenters. The molecule has 0 spiro atoms. The van der Waals surface area contributed by atoms with Crippen LogP contribution in [-0.2, 0) is 14.3 Å². The van der Waals surface area contributed by atoms with E-state index in [1.807, 2.05) is 0 Å². The summed E-state index contributed by atoms with van der Waals surface area (Å²) in [5, 5.41) is 41.3. The summed E-state index contributed by atoms with van der Waals surface area (Å²) in [5.41, 5.74) is -2.49. The largest absolute Gasteiger partial charge is 0.376 e. The molecule has 0 bridgehead atoms. The first-order valence-corrected chi connectivity index (χ1v) is 6.66. The predicted octanol–water partition coefficient (Wildman–Crippen LogP) is -2.33. The average Bonchev–Trinajstić information content (AvgIpc) is 2.40. The van der Waals surface area contributed by atoms with Crippen molar-refractivity contribution < 1.29 is 34.8 Å². The normalized spacial score (nSPS) is 24.7. The highest BCUT2D eigenvalue weighted by atomic mass is 16.8. The van der Waals surface area contributed by atoms with Crippen LogP contribution in [0.2, 0.25) is 0 Å². The maximum absolute atomic E-state index is 12.0. The molecule has 0 aromatic rings. The van der Waals surface area contributed by atoms with Crippen LogP contribution >= 0.6 is 0 Å². The Bertz CT molecular complexity index is 399. The van der Waals surface area contributed by atoms with Gasteiger partial charge >= 0.3 is 5.97 Å². The maximum atomic E-state index is 12.0. The van der Waals surface area contributed by atoms with Crippen molar-refractivity contribution in [3.63, 3.8) is 0 Å². The minimum atomic E-state index is -2.99. The number of aliphatic hydroxyl groups is 4. The molecule has 1 saturated heterocycles. The summed E-state index contributed by atoms with van der Waals surface area (Å²) in [6, 6.07) is 0. The summed E-state index contributed by atoms with van der Waals surface area (Å²) >= 11 is 0. The lowest BCUT2D eigenvalue weighted by Crippen LogP contribution is -2.70. The highest BCUT2D eigenvalue weighted by molar-refractivity contribution is 5.85. The van der Waals surface area contributed by atoms with Crippen molar-refractivity contribution in [1.82, 2.24) is 10.2 Å². The Hall–Kier alpha value is -1.26. The molecule has 0 aliphatic carbocycles. The van der Waals surface area contributed by atoms with E-state index in [-0.39, 0.29) is 31.3 Å². The van der Waals surface area contributed by atoms with Crippen molar-refractivity contribution in [1.29, 1.82) is 0 Å². The standard InChI is InChI=1S/C12H22N2O7/c1-8(2)10(17)13-6-9(16)14(7-15)11(18)4-3-5-21-12(11,19)20/h8,15,18-20H,3-7H2,1-2H3,(H,13,17). The number of hydrogen-bond acceptors (Lipinski definition) is 7.